The highest BCUT2D eigenvalue weighted by Crippen LogP contribution is 2.53. The van der Waals surface area contributed by atoms with Gasteiger partial charge in [-0.15, -0.1) is 0 Å². The number of rotatable bonds is 7. The second-order valence-corrected chi connectivity index (χ2v) is 16.8. The van der Waals surface area contributed by atoms with Crippen LogP contribution in [0.4, 0.5) is 0 Å². The molecule has 8 rings (SSSR count). The predicted molar refractivity (Wildman–Crippen MR) is 201 cm³/mol. The largest absolute Gasteiger partial charge is 0.507 e. The van der Waals surface area contributed by atoms with E-state index in [0.29, 0.717) is 12.8 Å². The smallest absolute Gasteiger partial charge is 0.198 e. The van der Waals surface area contributed by atoms with Gasteiger partial charge in [0.15, 0.2) is 53.4 Å². The summed E-state index contributed by atoms with van der Waals surface area (Å²) in [5.41, 5.74) is -8.06. The zero-order chi connectivity index (χ0) is 42.3. The van der Waals surface area contributed by atoms with E-state index in [0.717, 1.165) is 6.08 Å². The minimum atomic E-state index is -2.83. The summed E-state index contributed by atoms with van der Waals surface area (Å²) in [6.45, 7) is 8.27. The van der Waals surface area contributed by atoms with Crippen molar-refractivity contribution in [2.24, 2.45) is 0 Å². The van der Waals surface area contributed by atoms with Gasteiger partial charge in [-0.05, 0) is 77.5 Å². The Morgan fingerprint density at radius 3 is 2.08 bits per heavy atom. The number of ketones is 5. The van der Waals surface area contributed by atoms with E-state index in [9.17, 15) is 44.4 Å². The molecule has 316 valence electrons. The highest BCUT2D eigenvalue weighted by Gasteiger charge is 2.67. The normalized spacial score (nSPS) is 42.2. The number of Topliss-reactive ketones (excluding diaryl/α,β-unsaturated/α-hetero) is 3. The number of phenolic OH excluding ortho intramolecular Hbond substituents is 1. The Kier molecular flexibility index (Phi) is 10.7. The fourth-order valence-corrected chi connectivity index (χ4v) is 9.32. The van der Waals surface area contributed by atoms with Crippen LogP contribution in [-0.4, -0.2) is 128 Å². The van der Waals surface area contributed by atoms with Gasteiger partial charge in [0.1, 0.15) is 29.7 Å². The molecule has 3 fully saturated rings. The molecule has 0 bridgehead atoms. The molecule has 4 N–H and O–H groups in total. The van der Waals surface area contributed by atoms with Crippen LogP contribution >= 0.6 is 0 Å². The molecular weight excluding hydrogens is 772 g/mol. The van der Waals surface area contributed by atoms with Gasteiger partial charge in [0.25, 0.3) is 0 Å². The standard InChI is InChI=1S/C43H48O16/c1-19-26(44)8-11-32(54-19)57-29-10-13-34(56-21(29)3)59-41(5)17-31(47)43(52)36-25(14-15-42(43,51)18-41)38(49)35-24(39(36)50)7-6-23(37(35)48)30-16-28(46)40(22(4)53-30)58-33-12-9-27(45)20(2)55-33/h6-9,11-12,14-15,19-22,28-30,32-34,40,46,48,51-52H,10,13,16-18H2,1-5H3/t19-,20-,21+,22-,28-,29-,30-,32-,33+,34-,40-,41+,42-,43-/m0/s1. The Morgan fingerprint density at radius 2 is 1.46 bits per heavy atom. The summed E-state index contributed by atoms with van der Waals surface area (Å²) in [4.78, 5) is 66.2. The number of allylic oxidation sites excluding steroid dienone is 2. The molecule has 16 heteroatoms. The quantitative estimate of drug-likeness (QED) is 0.310. The molecule has 0 spiro atoms. The Bertz CT molecular complexity index is 2090. The molecule has 1 aromatic rings. The van der Waals surface area contributed by atoms with Gasteiger partial charge in [-0.25, -0.2) is 0 Å². The highest BCUT2D eigenvalue weighted by atomic mass is 16.7. The van der Waals surface area contributed by atoms with E-state index >= 15 is 0 Å². The van der Waals surface area contributed by atoms with Gasteiger partial charge in [0, 0.05) is 42.4 Å². The maximum atomic E-state index is 14.3. The molecule has 3 aliphatic carbocycles. The number of aromatic hydroxyl groups is 1. The van der Waals surface area contributed by atoms with Crippen LogP contribution in [0.15, 0.2) is 59.7 Å². The van der Waals surface area contributed by atoms with Crippen molar-refractivity contribution in [2.45, 2.75) is 151 Å². The summed E-state index contributed by atoms with van der Waals surface area (Å²) in [7, 11) is 0. The average Bonchev–Trinajstić information content (AvgIpc) is 3.16. The minimum absolute atomic E-state index is 0.0704. The number of ether oxygens (including phenoxy) is 7. The van der Waals surface area contributed by atoms with Crippen molar-refractivity contribution < 1.29 is 77.6 Å². The first-order valence-corrected chi connectivity index (χ1v) is 19.9. The number of carbonyl (C=O) groups is 5. The Balaban J connectivity index is 0.969. The minimum Gasteiger partial charge on any atom is -0.507 e. The molecule has 4 aliphatic heterocycles. The lowest BCUT2D eigenvalue weighted by Gasteiger charge is -2.53. The maximum absolute atomic E-state index is 14.3. The fraction of sp³-hybridized carbons (Fsp3) is 0.558. The van der Waals surface area contributed by atoms with Crippen molar-refractivity contribution >= 4 is 28.9 Å². The van der Waals surface area contributed by atoms with Crippen LogP contribution in [0.1, 0.15) is 99.1 Å². The van der Waals surface area contributed by atoms with Crippen molar-refractivity contribution in [3.8, 4) is 5.75 Å². The van der Waals surface area contributed by atoms with Crippen molar-refractivity contribution in [3.63, 3.8) is 0 Å². The molecule has 1 saturated carbocycles. The predicted octanol–water partition coefficient (Wildman–Crippen LogP) is 2.48. The molecule has 0 unspecified atom stereocenters. The molecule has 2 saturated heterocycles. The van der Waals surface area contributed by atoms with Crippen LogP contribution in [0.2, 0.25) is 0 Å². The van der Waals surface area contributed by atoms with Crippen LogP contribution < -0.4 is 0 Å². The molecule has 0 radical (unpaired) electrons. The van der Waals surface area contributed by atoms with E-state index in [1.165, 1.54) is 36.4 Å². The molecule has 7 aliphatic rings. The van der Waals surface area contributed by atoms with E-state index in [1.807, 2.05) is 0 Å². The van der Waals surface area contributed by atoms with Gasteiger partial charge in [0.2, 0.25) is 0 Å². The van der Waals surface area contributed by atoms with Gasteiger partial charge in [0.05, 0.1) is 47.3 Å². The number of carbonyl (C=O) groups excluding carboxylic acids is 5. The Labute approximate surface area is 339 Å². The summed E-state index contributed by atoms with van der Waals surface area (Å²) in [5.74, 6) is -3.67. The molecule has 16 nitrogen and oxygen atoms in total. The first kappa shape index (κ1) is 41.7. The molecule has 0 aromatic heterocycles. The van der Waals surface area contributed by atoms with Crippen LogP contribution in [0.25, 0.3) is 0 Å². The number of benzene rings is 1. The lowest BCUT2D eigenvalue weighted by molar-refractivity contribution is -0.290. The van der Waals surface area contributed by atoms with E-state index in [2.05, 4.69) is 0 Å². The zero-order valence-corrected chi connectivity index (χ0v) is 33.2. The maximum Gasteiger partial charge on any atom is 0.198 e. The van der Waals surface area contributed by atoms with Crippen LogP contribution in [0, 0.1) is 0 Å². The van der Waals surface area contributed by atoms with Crippen LogP contribution in [0.5, 0.6) is 5.75 Å². The molecule has 59 heavy (non-hydrogen) atoms. The van der Waals surface area contributed by atoms with Crippen molar-refractivity contribution in [1.82, 2.24) is 0 Å². The topological polar surface area (TPSA) is 231 Å². The van der Waals surface area contributed by atoms with E-state index < -0.39 is 120 Å². The van der Waals surface area contributed by atoms with Crippen molar-refractivity contribution in [2.75, 3.05) is 0 Å². The average molecular weight is 821 g/mol. The van der Waals surface area contributed by atoms with Gasteiger partial charge in [-0.1, -0.05) is 12.1 Å². The summed E-state index contributed by atoms with van der Waals surface area (Å²) < 4.78 is 41.7. The third-order valence-corrected chi connectivity index (χ3v) is 12.4. The molecular formula is C43H48O16. The number of phenols is 1. The lowest BCUT2D eigenvalue weighted by atomic mass is 9.57. The second-order valence-electron chi connectivity index (χ2n) is 16.8. The Morgan fingerprint density at radius 1 is 0.797 bits per heavy atom. The second kappa shape index (κ2) is 15.1. The number of hydrogen-bond acceptors (Lipinski definition) is 16. The lowest BCUT2D eigenvalue weighted by Crippen LogP contribution is -2.69. The van der Waals surface area contributed by atoms with Crippen LogP contribution in [0.3, 0.4) is 0 Å². The zero-order valence-electron chi connectivity index (χ0n) is 33.2. The third-order valence-electron chi connectivity index (χ3n) is 12.4. The van der Waals surface area contributed by atoms with Gasteiger partial charge in [-0.3, -0.25) is 24.0 Å². The monoisotopic (exact) mass is 820 g/mol. The summed E-state index contributed by atoms with van der Waals surface area (Å²) in [6.07, 6.45) is -0.317. The molecule has 0 amide bonds. The van der Waals surface area contributed by atoms with E-state index in [4.69, 9.17) is 33.2 Å². The summed E-state index contributed by atoms with van der Waals surface area (Å²) in [5, 5.41) is 47.0. The molecule has 1 aromatic carbocycles. The third kappa shape index (κ3) is 7.12. The number of aliphatic hydroxyl groups excluding tert-OH is 1. The van der Waals surface area contributed by atoms with E-state index in [1.54, 1.807) is 40.7 Å². The Hall–Kier alpha value is -4.07. The van der Waals surface area contributed by atoms with Gasteiger partial charge < -0.3 is 53.6 Å². The first-order valence-electron chi connectivity index (χ1n) is 19.9. The van der Waals surface area contributed by atoms with Gasteiger partial charge in [-0.2, -0.15) is 0 Å². The summed E-state index contributed by atoms with van der Waals surface area (Å²) in [6, 6.07) is 2.66. The van der Waals surface area contributed by atoms with Crippen molar-refractivity contribution in [1.29, 1.82) is 0 Å². The first-order chi connectivity index (χ1) is 27.8. The fourth-order valence-electron chi connectivity index (χ4n) is 9.32. The number of aliphatic hydroxyl groups is 3. The van der Waals surface area contributed by atoms with Crippen molar-refractivity contribution in [3.05, 3.63) is 76.4 Å². The SMILES string of the molecule is C[C@@H]1O[C@H](O[C@H]2[C@H](C)O[C@H](c3ccc4c(c3O)C(=O)C3=C(C4=O)[C@@]4(O)C(=O)C[C@@](C)(O[C@H]5CC[C@H](O[C@H]6C=CC(=O)[C@H](C)O6)[C@@H](C)O5)C[C@@]4(O)C=C3)C[C@@H]2O)C=CC1=O. The number of fused-ring (bicyclic) bond motifs is 3. The van der Waals surface area contributed by atoms with Crippen LogP contribution in [-0.2, 0) is 47.5 Å². The van der Waals surface area contributed by atoms with Gasteiger partial charge >= 0.3 is 0 Å². The van der Waals surface area contributed by atoms with E-state index in [-0.39, 0.29) is 46.7 Å². The number of hydrogen-bond donors (Lipinski definition) is 4. The summed E-state index contributed by atoms with van der Waals surface area (Å²) >= 11 is 0. The highest BCUT2D eigenvalue weighted by molar-refractivity contribution is 6.32. The molecule has 4 heterocycles. The molecule has 14 atom stereocenters.